The maximum absolute atomic E-state index is 12.2. The number of hydrogen-bond donors (Lipinski definition) is 1. The largest absolute Gasteiger partial charge is 0.323 e. The Kier molecular flexibility index (Phi) is 4.74. The Morgan fingerprint density at radius 3 is 2.55 bits per heavy atom. The lowest BCUT2D eigenvalue weighted by Crippen LogP contribution is -2.31. The van der Waals surface area contributed by atoms with E-state index >= 15 is 0 Å². The van der Waals surface area contributed by atoms with Gasteiger partial charge in [0, 0.05) is 19.3 Å². The lowest BCUT2D eigenvalue weighted by molar-refractivity contribution is 0.220. The van der Waals surface area contributed by atoms with Crippen LogP contribution in [0.15, 0.2) is 36.4 Å². The SMILES string of the molecule is Cc1cc(C)nc(NC(=O)N(C)Cc2ccc(C#N)cc2)c1. The molecule has 0 fully saturated rings. The van der Waals surface area contributed by atoms with E-state index in [1.165, 1.54) is 0 Å². The third-order valence-electron chi connectivity index (χ3n) is 3.18. The maximum atomic E-state index is 12.2. The van der Waals surface area contributed by atoms with Gasteiger partial charge in [-0.15, -0.1) is 0 Å². The van der Waals surface area contributed by atoms with E-state index in [0.717, 1.165) is 16.8 Å². The van der Waals surface area contributed by atoms with Crippen molar-refractivity contribution < 1.29 is 4.79 Å². The third kappa shape index (κ3) is 4.06. The van der Waals surface area contributed by atoms with Crippen LogP contribution in [0.2, 0.25) is 0 Å². The zero-order chi connectivity index (χ0) is 16.1. The highest BCUT2D eigenvalue weighted by Gasteiger charge is 2.10. The van der Waals surface area contributed by atoms with Crippen molar-refractivity contribution in [2.24, 2.45) is 0 Å². The Morgan fingerprint density at radius 1 is 1.27 bits per heavy atom. The van der Waals surface area contributed by atoms with Crippen LogP contribution < -0.4 is 5.32 Å². The van der Waals surface area contributed by atoms with E-state index in [1.54, 1.807) is 24.1 Å². The summed E-state index contributed by atoms with van der Waals surface area (Å²) in [7, 11) is 1.72. The summed E-state index contributed by atoms with van der Waals surface area (Å²) in [5, 5.41) is 11.6. The molecular formula is C17H18N4O. The van der Waals surface area contributed by atoms with Crippen LogP contribution in [-0.4, -0.2) is 23.0 Å². The molecule has 0 saturated heterocycles. The third-order valence-corrected chi connectivity index (χ3v) is 3.18. The van der Waals surface area contributed by atoms with Gasteiger partial charge in [-0.1, -0.05) is 12.1 Å². The monoisotopic (exact) mass is 294 g/mol. The fourth-order valence-corrected chi connectivity index (χ4v) is 2.14. The molecule has 0 radical (unpaired) electrons. The first-order valence-corrected chi connectivity index (χ1v) is 6.94. The molecule has 0 bridgehead atoms. The van der Waals surface area contributed by atoms with Crippen molar-refractivity contribution in [3.05, 3.63) is 58.8 Å². The summed E-state index contributed by atoms with van der Waals surface area (Å²) >= 11 is 0. The Hall–Kier alpha value is -2.87. The topological polar surface area (TPSA) is 69.0 Å². The predicted octanol–water partition coefficient (Wildman–Crippen LogP) is 3.23. The van der Waals surface area contributed by atoms with Gasteiger partial charge in [0.1, 0.15) is 5.82 Å². The normalized spacial score (nSPS) is 9.91. The second-order valence-corrected chi connectivity index (χ2v) is 5.27. The van der Waals surface area contributed by atoms with Gasteiger partial charge in [-0.05, 0) is 49.2 Å². The first-order chi connectivity index (χ1) is 10.5. The number of anilines is 1. The van der Waals surface area contributed by atoms with Crippen LogP contribution >= 0.6 is 0 Å². The van der Waals surface area contributed by atoms with E-state index in [0.29, 0.717) is 17.9 Å². The van der Waals surface area contributed by atoms with Crippen LogP contribution in [0.25, 0.3) is 0 Å². The smallest absolute Gasteiger partial charge is 0.323 e. The second kappa shape index (κ2) is 6.72. The lowest BCUT2D eigenvalue weighted by Gasteiger charge is -2.18. The summed E-state index contributed by atoms with van der Waals surface area (Å²) in [5.74, 6) is 0.550. The highest BCUT2D eigenvalue weighted by Crippen LogP contribution is 2.11. The zero-order valence-corrected chi connectivity index (χ0v) is 12.9. The number of nitrogens with one attached hydrogen (secondary N) is 1. The van der Waals surface area contributed by atoms with Crippen LogP contribution in [-0.2, 0) is 6.54 Å². The second-order valence-electron chi connectivity index (χ2n) is 5.27. The maximum Gasteiger partial charge on any atom is 0.323 e. The van der Waals surface area contributed by atoms with Crippen molar-refractivity contribution in [3.8, 4) is 6.07 Å². The average Bonchev–Trinajstić information content (AvgIpc) is 2.46. The van der Waals surface area contributed by atoms with E-state index in [-0.39, 0.29) is 6.03 Å². The number of hydrogen-bond acceptors (Lipinski definition) is 3. The van der Waals surface area contributed by atoms with Crippen LogP contribution in [0.5, 0.6) is 0 Å². The van der Waals surface area contributed by atoms with E-state index in [1.807, 2.05) is 38.1 Å². The molecule has 2 aromatic rings. The number of pyridine rings is 1. The summed E-state index contributed by atoms with van der Waals surface area (Å²) in [5.41, 5.74) is 3.49. The van der Waals surface area contributed by atoms with E-state index in [2.05, 4.69) is 16.4 Å². The molecule has 112 valence electrons. The fraction of sp³-hybridized carbons (Fsp3) is 0.235. The number of aromatic nitrogens is 1. The average molecular weight is 294 g/mol. The molecule has 0 aliphatic rings. The molecule has 1 aromatic heterocycles. The van der Waals surface area contributed by atoms with Gasteiger partial charge in [0.05, 0.1) is 11.6 Å². The van der Waals surface area contributed by atoms with Crippen molar-refractivity contribution in [2.75, 3.05) is 12.4 Å². The van der Waals surface area contributed by atoms with Crippen molar-refractivity contribution >= 4 is 11.8 Å². The molecule has 22 heavy (non-hydrogen) atoms. The van der Waals surface area contributed by atoms with Gasteiger partial charge in [-0.2, -0.15) is 5.26 Å². The lowest BCUT2D eigenvalue weighted by atomic mass is 10.1. The number of carbonyl (C=O) groups is 1. The Morgan fingerprint density at radius 2 is 1.95 bits per heavy atom. The van der Waals surface area contributed by atoms with Gasteiger partial charge < -0.3 is 4.90 Å². The zero-order valence-electron chi connectivity index (χ0n) is 12.9. The minimum absolute atomic E-state index is 0.221. The number of nitriles is 1. The molecule has 0 spiro atoms. The molecule has 0 atom stereocenters. The van der Waals surface area contributed by atoms with Gasteiger partial charge in [0.15, 0.2) is 0 Å². The van der Waals surface area contributed by atoms with Crippen LogP contribution in [0, 0.1) is 25.2 Å². The van der Waals surface area contributed by atoms with Crippen molar-refractivity contribution in [2.45, 2.75) is 20.4 Å². The highest BCUT2D eigenvalue weighted by molar-refractivity contribution is 5.88. The van der Waals surface area contributed by atoms with Crippen molar-refractivity contribution in [3.63, 3.8) is 0 Å². The predicted molar refractivity (Wildman–Crippen MR) is 85.4 cm³/mol. The summed E-state index contributed by atoms with van der Waals surface area (Å²) in [6.45, 7) is 4.32. The van der Waals surface area contributed by atoms with Gasteiger partial charge in [0.2, 0.25) is 0 Å². The molecule has 2 rings (SSSR count). The first kappa shape index (κ1) is 15.5. The van der Waals surface area contributed by atoms with Crippen LogP contribution in [0.1, 0.15) is 22.4 Å². The standard InChI is InChI=1S/C17H18N4O/c1-12-8-13(2)19-16(9-12)20-17(22)21(3)11-15-6-4-14(10-18)5-7-15/h4-9H,11H2,1-3H3,(H,19,20,22). The number of urea groups is 1. The van der Waals surface area contributed by atoms with Gasteiger partial charge >= 0.3 is 6.03 Å². The Balaban J connectivity index is 2.00. The molecule has 1 heterocycles. The minimum Gasteiger partial charge on any atom is -0.323 e. The first-order valence-electron chi connectivity index (χ1n) is 6.94. The minimum atomic E-state index is -0.221. The summed E-state index contributed by atoms with van der Waals surface area (Å²) < 4.78 is 0. The fourth-order valence-electron chi connectivity index (χ4n) is 2.14. The van der Waals surface area contributed by atoms with E-state index < -0.39 is 0 Å². The van der Waals surface area contributed by atoms with Crippen molar-refractivity contribution in [1.29, 1.82) is 5.26 Å². The number of aryl methyl sites for hydroxylation is 2. The summed E-state index contributed by atoms with van der Waals surface area (Å²) in [4.78, 5) is 18.0. The Bertz CT molecular complexity index is 696. The molecule has 0 aliphatic carbocycles. The van der Waals surface area contributed by atoms with Crippen molar-refractivity contribution in [1.82, 2.24) is 9.88 Å². The molecule has 1 aromatic carbocycles. The summed E-state index contributed by atoms with van der Waals surface area (Å²) in [6.07, 6.45) is 0. The van der Waals surface area contributed by atoms with E-state index in [4.69, 9.17) is 5.26 Å². The molecule has 0 saturated carbocycles. The highest BCUT2D eigenvalue weighted by atomic mass is 16.2. The summed E-state index contributed by atoms with van der Waals surface area (Å²) in [6, 6.07) is 12.8. The molecule has 1 N–H and O–H groups in total. The number of carbonyl (C=O) groups excluding carboxylic acids is 1. The van der Waals surface area contributed by atoms with Gasteiger partial charge in [-0.25, -0.2) is 9.78 Å². The quantitative estimate of drug-likeness (QED) is 0.944. The number of nitrogens with zero attached hydrogens (tertiary/aromatic N) is 3. The van der Waals surface area contributed by atoms with E-state index in [9.17, 15) is 4.79 Å². The van der Waals surface area contributed by atoms with Crippen LogP contribution in [0.4, 0.5) is 10.6 Å². The molecule has 2 amide bonds. The number of benzene rings is 1. The number of rotatable bonds is 3. The van der Waals surface area contributed by atoms with Crippen LogP contribution in [0.3, 0.4) is 0 Å². The Labute approximate surface area is 130 Å². The van der Waals surface area contributed by atoms with Gasteiger partial charge in [0.25, 0.3) is 0 Å². The molecule has 5 heteroatoms. The van der Waals surface area contributed by atoms with Gasteiger partial charge in [-0.3, -0.25) is 5.32 Å². The molecule has 5 nitrogen and oxygen atoms in total. The number of amides is 2. The molecule has 0 unspecified atom stereocenters. The molecule has 0 aliphatic heterocycles. The molecular weight excluding hydrogens is 276 g/mol.